The first-order chi connectivity index (χ1) is 6.63. The van der Waals surface area contributed by atoms with E-state index in [9.17, 15) is 0 Å². The average molecular weight is 200 g/mol. The van der Waals surface area contributed by atoms with Gasteiger partial charge in [0.15, 0.2) is 0 Å². The summed E-state index contributed by atoms with van der Waals surface area (Å²) in [5.74, 6) is 0. The second-order valence-electron chi connectivity index (χ2n) is 4.77. The van der Waals surface area contributed by atoms with E-state index in [-0.39, 0.29) is 5.41 Å². The first-order valence-electron chi connectivity index (χ1n) is 5.56. The standard InChI is InChI=1S/C11H24N2O/c1-10(2)13-6-4-11(8-12,5-7-13)9-14-3/h10H,4-9,12H2,1-3H3. The van der Waals surface area contributed by atoms with Gasteiger partial charge in [-0.2, -0.15) is 0 Å². The number of nitrogens with two attached hydrogens (primary N) is 1. The molecular formula is C11H24N2O. The molecule has 1 aliphatic rings. The number of methoxy groups -OCH3 is 1. The Balaban J connectivity index is 2.46. The molecule has 3 heteroatoms. The molecule has 0 aliphatic carbocycles. The second-order valence-corrected chi connectivity index (χ2v) is 4.77. The van der Waals surface area contributed by atoms with Gasteiger partial charge in [0.2, 0.25) is 0 Å². The molecule has 0 unspecified atom stereocenters. The lowest BCUT2D eigenvalue weighted by molar-refractivity contribution is 0.0191. The van der Waals surface area contributed by atoms with Crippen LogP contribution in [-0.4, -0.2) is 44.3 Å². The second kappa shape index (κ2) is 5.10. The largest absolute Gasteiger partial charge is 0.384 e. The van der Waals surface area contributed by atoms with Gasteiger partial charge < -0.3 is 15.4 Å². The van der Waals surface area contributed by atoms with Crippen LogP contribution in [0.25, 0.3) is 0 Å². The van der Waals surface area contributed by atoms with Gasteiger partial charge in [-0.15, -0.1) is 0 Å². The lowest BCUT2D eigenvalue weighted by Crippen LogP contribution is -2.48. The van der Waals surface area contributed by atoms with Gasteiger partial charge in [0.1, 0.15) is 0 Å². The molecule has 14 heavy (non-hydrogen) atoms. The zero-order valence-electron chi connectivity index (χ0n) is 9.75. The van der Waals surface area contributed by atoms with Crippen molar-refractivity contribution >= 4 is 0 Å². The Kier molecular flexibility index (Phi) is 4.35. The van der Waals surface area contributed by atoms with Crippen molar-refractivity contribution in [2.75, 3.05) is 33.4 Å². The summed E-state index contributed by atoms with van der Waals surface area (Å²) in [6, 6.07) is 0.660. The Hall–Kier alpha value is -0.120. The van der Waals surface area contributed by atoms with E-state index >= 15 is 0 Å². The Morgan fingerprint density at radius 2 is 1.93 bits per heavy atom. The van der Waals surface area contributed by atoms with Gasteiger partial charge in [0, 0.05) is 25.1 Å². The number of nitrogens with zero attached hydrogens (tertiary/aromatic N) is 1. The molecule has 0 radical (unpaired) electrons. The maximum absolute atomic E-state index is 5.85. The molecule has 0 bridgehead atoms. The lowest BCUT2D eigenvalue weighted by atomic mass is 9.79. The fourth-order valence-electron chi connectivity index (χ4n) is 2.23. The van der Waals surface area contributed by atoms with Crippen LogP contribution in [-0.2, 0) is 4.74 Å². The topological polar surface area (TPSA) is 38.5 Å². The van der Waals surface area contributed by atoms with E-state index in [1.165, 1.54) is 12.8 Å². The smallest absolute Gasteiger partial charge is 0.0531 e. The van der Waals surface area contributed by atoms with E-state index in [0.29, 0.717) is 6.04 Å². The summed E-state index contributed by atoms with van der Waals surface area (Å²) >= 11 is 0. The Morgan fingerprint density at radius 1 is 1.36 bits per heavy atom. The highest BCUT2D eigenvalue weighted by atomic mass is 16.5. The molecule has 84 valence electrons. The SMILES string of the molecule is COCC1(CN)CCN(C(C)C)CC1. The van der Waals surface area contributed by atoms with Crippen molar-refractivity contribution in [3.05, 3.63) is 0 Å². The fourth-order valence-corrected chi connectivity index (χ4v) is 2.23. The summed E-state index contributed by atoms with van der Waals surface area (Å²) in [5.41, 5.74) is 6.10. The van der Waals surface area contributed by atoms with Gasteiger partial charge in [-0.1, -0.05) is 0 Å². The Morgan fingerprint density at radius 3 is 2.29 bits per heavy atom. The van der Waals surface area contributed by atoms with Crippen LogP contribution in [0.1, 0.15) is 26.7 Å². The van der Waals surface area contributed by atoms with Crippen molar-refractivity contribution in [2.45, 2.75) is 32.7 Å². The summed E-state index contributed by atoms with van der Waals surface area (Å²) in [6.07, 6.45) is 2.35. The number of hydrogen-bond donors (Lipinski definition) is 1. The third kappa shape index (κ3) is 2.69. The minimum atomic E-state index is 0.250. The van der Waals surface area contributed by atoms with Crippen LogP contribution in [0.3, 0.4) is 0 Å². The molecule has 1 aliphatic heterocycles. The van der Waals surface area contributed by atoms with Gasteiger partial charge in [-0.3, -0.25) is 0 Å². The summed E-state index contributed by atoms with van der Waals surface area (Å²) in [6.45, 7) is 8.41. The molecule has 0 saturated carbocycles. The van der Waals surface area contributed by atoms with Crippen molar-refractivity contribution in [1.82, 2.24) is 4.90 Å². The molecule has 1 fully saturated rings. The van der Waals surface area contributed by atoms with Crippen molar-refractivity contribution in [3.8, 4) is 0 Å². The summed E-state index contributed by atoms with van der Waals surface area (Å²) in [4.78, 5) is 2.52. The summed E-state index contributed by atoms with van der Waals surface area (Å²) in [5, 5.41) is 0. The van der Waals surface area contributed by atoms with Gasteiger partial charge in [-0.05, 0) is 39.8 Å². The molecular weight excluding hydrogens is 176 g/mol. The van der Waals surface area contributed by atoms with E-state index in [1.54, 1.807) is 7.11 Å². The minimum Gasteiger partial charge on any atom is -0.384 e. The highest BCUT2D eigenvalue weighted by Crippen LogP contribution is 2.31. The third-order valence-electron chi connectivity index (χ3n) is 3.47. The number of piperidine rings is 1. The van der Waals surface area contributed by atoms with E-state index in [2.05, 4.69) is 18.7 Å². The van der Waals surface area contributed by atoms with E-state index in [1.807, 2.05) is 0 Å². The summed E-state index contributed by atoms with van der Waals surface area (Å²) in [7, 11) is 1.77. The Labute approximate surface area is 87.6 Å². The third-order valence-corrected chi connectivity index (χ3v) is 3.47. The molecule has 0 aromatic carbocycles. The van der Waals surface area contributed by atoms with Crippen LogP contribution in [0, 0.1) is 5.41 Å². The van der Waals surface area contributed by atoms with E-state index in [4.69, 9.17) is 10.5 Å². The predicted molar refractivity (Wildman–Crippen MR) is 59.3 cm³/mol. The maximum atomic E-state index is 5.85. The van der Waals surface area contributed by atoms with E-state index < -0.39 is 0 Å². The molecule has 0 amide bonds. The number of likely N-dealkylation sites (tertiary alicyclic amines) is 1. The quantitative estimate of drug-likeness (QED) is 0.738. The van der Waals surface area contributed by atoms with Crippen LogP contribution in [0.15, 0.2) is 0 Å². The van der Waals surface area contributed by atoms with Gasteiger partial charge in [0.25, 0.3) is 0 Å². The van der Waals surface area contributed by atoms with E-state index in [0.717, 1.165) is 26.2 Å². The fraction of sp³-hybridized carbons (Fsp3) is 1.00. The molecule has 1 rings (SSSR count). The zero-order valence-corrected chi connectivity index (χ0v) is 9.75. The minimum absolute atomic E-state index is 0.250. The van der Waals surface area contributed by atoms with Crippen molar-refractivity contribution in [3.63, 3.8) is 0 Å². The van der Waals surface area contributed by atoms with Crippen molar-refractivity contribution in [2.24, 2.45) is 11.1 Å². The molecule has 0 atom stereocenters. The van der Waals surface area contributed by atoms with Crippen molar-refractivity contribution in [1.29, 1.82) is 0 Å². The number of ether oxygens (including phenoxy) is 1. The van der Waals surface area contributed by atoms with Crippen LogP contribution in [0.4, 0.5) is 0 Å². The summed E-state index contributed by atoms with van der Waals surface area (Å²) < 4.78 is 5.27. The Bertz CT molecular complexity index is 163. The van der Waals surface area contributed by atoms with Crippen molar-refractivity contribution < 1.29 is 4.74 Å². The highest BCUT2D eigenvalue weighted by Gasteiger charge is 2.33. The average Bonchev–Trinajstić information content (AvgIpc) is 2.19. The molecule has 0 aromatic heterocycles. The predicted octanol–water partition coefficient (Wildman–Crippen LogP) is 1.08. The van der Waals surface area contributed by atoms with Gasteiger partial charge >= 0.3 is 0 Å². The lowest BCUT2D eigenvalue weighted by Gasteiger charge is -2.42. The molecule has 0 aromatic rings. The number of hydrogen-bond acceptors (Lipinski definition) is 3. The van der Waals surface area contributed by atoms with Gasteiger partial charge in [0.05, 0.1) is 6.61 Å². The van der Waals surface area contributed by atoms with Gasteiger partial charge in [-0.25, -0.2) is 0 Å². The molecule has 3 nitrogen and oxygen atoms in total. The maximum Gasteiger partial charge on any atom is 0.0531 e. The monoisotopic (exact) mass is 200 g/mol. The van der Waals surface area contributed by atoms with Crippen LogP contribution >= 0.6 is 0 Å². The van der Waals surface area contributed by atoms with Crippen LogP contribution in [0.5, 0.6) is 0 Å². The molecule has 2 N–H and O–H groups in total. The molecule has 0 spiro atoms. The zero-order chi connectivity index (χ0) is 10.6. The number of rotatable bonds is 4. The van der Waals surface area contributed by atoms with Crippen LogP contribution in [0.2, 0.25) is 0 Å². The normalized spacial score (nSPS) is 22.9. The molecule has 1 saturated heterocycles. The first kappa shape index (κ1) is 12.0. The highest BCUT2D eigenvalue weighted by molar-refractivity contribution is 4.87. The first-order valence-corrected chi connectivity index (χ1v) is 5.56. The molecule has 1 heterocycles. The van der Waals surface area contributed by atoms with Crippen LogP contribution < -0.4 is 5.73 Å².